The van der Waals surface area contributed by atoms with E-state index >= 15 is 0 Å². The summed E-state index contributed by atoms with van der Waals surface area (Å²) in [6, 6.07) is 0. The molecule has 0 aromatic carbocycles. The van der Waals surface area contributed by atoms with Crippen molar-refractivity contribution in [3.63, 3.8) is 0 Å². The van der Waals surface area contributed by atoms with Crippen molar-refractivity contribution in [3.8, 4) is 0 Å². The molecule has 0 radical (unpaired) electrons. The smallest absolute Gasteiger partial charge is 0.0195 e. The van der Waals surface area contributed by atoms with E-state index in [1.54, 1.807) is 0 Å². The van der Waals surface area contributed by atoms with Crippen LogP contribution in [0.15, 0.2) is 11.6 Å². The van der Waals surface area contributed by atoms with E-state index < -0.39 is 0 Å². The number of rotatable bonds is 8. The highest BCUT2D eigenvalue weighted by Crippen LogP contribution is 2.48. The monoisotopic (exact) mass is 234 g/mol. The highest BCUT2D eigenvalue weighted by atomic mass is 14.4. The number of hydrogen-bond acceptors (Lipinski definition) is 0. The van der Waals surface area contributed by atoms with E-state index in [0.717, 1.165) is 17.8 Å². The molecule has 98 valence electrons. The third-order valence-corrected chi connectivity index (χ3v) is 4.91. The van der Waals surface area contributed by atoms with Crippen molar-refractivity contribution >= 4 is 0 Å². The maximum absolute atomic E-state index is 2.68. The van der Waals surface area contributed by atoms with E-state index in [0.29, 0.717) is 0 Å². The molecule has 0 N–H and O–H groups in total. The number of allylic oxidation sites excluding steroid dienone is 2. The van der Waals surface area contributed by atoms with Crippen molar-refractivity contribution in [3.05, 3.63) is 11.6 Å². The minimum absolute atomic E-state index is 0.955. The van der Waals surface area contributed by atoms with Crippen molar-refractivity contribution in [2.45, 2.75) is 78.1 Å². The number of unbranched alkanes of at least 4 members (excludes halogenated alkanes) is 3. The fraction of sp³-hybridized carbons (Fsp3) is 0.882. The summed E-state index contributed by atoms with van der Waals surface area (Å²) in [5.41, 5.74) is 1.89. The number of hydrogen-bond donors (Lipinski definition) is 0. The summed E-state index contributed by atoms with van der Waals surface area (Å²) in [6.45, 7) is 4.65. The van der Waals surface area contributed by atoms with Gasteiger partial charge in [0.05, 0.1) is 0 Å². The molecule has 0 nitrogen and oxygen atoms in total. The molecular weight excluding hydrogens is 204 g/mol. The molecule has 2 aliphatic carbocycles. The van der Waals surface area contributed by atoms with Gasteiger partial charge in [-0.15, -0.1) is 0 Å². The summed E-state index contributed by atoms with van der Waals surface area (Å²) >= 11 is 0. The van der Waals surface area contributed by atoms with Crippen LogP contribution in [0.5, 0.6) is 0 Å². The largest absolute Gasteiger partial charge is 0.0816 e. The van der Waals surface area contributed by atoms with Gasteiger partial charge in [0.15, 0.2) is 0 Å². The zero-order valence-electron chi connectivity index (χ0n) is 11.9. The Morgan fingerprint density at radius 2 is 1.82 bits per heavy atom. The summed E-state index contributed by atoms with van der Waals surface area (Å²) in [5.74, 6) is 2.94. The van der Waals surface area contributed by atoms with E-state index in [1.165, 1.54) is 64.2 Å². The lowest BCUT2D eigenvalue weighted by molar-refractivity contribution is 0.426. The summed E-state index contributed by atoms with van der Waals surface area (Å²) in [6.07, 6.45) is 17.2. The first-order valence-corrected chi connectivity index (χ1v) is 8.06. The molecule has 0 amide bonds. The molecular formula is C17H30. The molecule has 2 aliphatic rings. The fourth-order valence-corrected chi connectivity index (χ4v) is 3.92. The predicted octanol–water partition coefficient (Wildman–Crippen LogP) is 5.73. The summed E-state index contributed by atoms with van der Waals surface area (Å²) < 4.78 is 0. The van der Waals surface area contributed by atoms with Gasteiger partial charge < -0.3 is 0 Å². The van der Waals surface area contributed by atoms with Crippen LogP contribution in [0, 0.1) is 17.8 Å². The Bertz CT molecular complexity index is 251. The summed E-state index contributed by atoms with van der Waals surface area (Å²) in [5, 5.41) is 0. The average molecular weight is 234 g/mol. The topological polar surface area (TPSA) is 0 Å². The highest BCUT2D eigenvalue weighted by molar-refractivity contribution is 5.22. The molecule has 2 bridgehead atoms. The summed E-state index contributed by atoms with van der Waals surface area (Å²) in [4.78, 5) is 0. The Balaban J connectivity index is 1.88. The van der Waals surface area contributed by atoms with E-state index in [2.05, 4.69) is 19.9 Å². The normalized spacial score (nSPS) is 28.5. The lowest BCUT2D eigenvalue weighted by Gasteiger charge is -2.24. The van der Waals surface area contributed by atoms with Gasteiger partial charge in [-0.05, 0) is 49.9 Å². The second-order valence-electron chi connectivity index (χ2n) is 6.27. The second kappa shape index (κ2) is 6.61. The molecule has 0 aromatic heterocycles. The van der Waals surface area contributed by atoms with Crippen molar-refractivity contribution in [1.82, 2.24) is 0 Å². The van der Waals surface area contributed by atoms with Crippen molar-refractivity contribution < 1.29 is 0 Å². The third kappa shape index (κ3) is 3.36. The molecule has 0 aliphatic heterocycles. The van der Waals surface area contributed by atoms with E-state index in [1.807, 2.05) is 5.57 Å². The third-order valence-electron chi connectivity index (χ3n) is 4.91. The lowest BCUT2D eigenvalue weighted by atomic mass is 9.81. The first-order chi connectivity index (χ1) is 8.35. The maximum atomic E-state index is 2.68. The van der Waals surface area contributed by atoms with Crippen molar-refractivity contribution in [2.75, 3.05) is 0 Å². The van der Waals surface area contributed by atoms with Gasteiger partial charge >= 0.3 is 0 Å². The molecule has 0 heteroatoms. The Hall–Kier alpha value is -0.260. The fourth-order valence-electron chi connectivity index (χ4n) is 3.92. The SMILES string of the molecule is CCCCCC(CCCC)C1=CC2CCC1C2. The van der Waals surface area contributed by atoms with Crippen molar-refractivity contribution in [2.24, 2.45) is 17.8 Å². The molecule has 0 spiro atoms. The van der Waals surface area contributed by atoms with Crippen LogP contribution in [0.1, 0.15) is 78.1 Å². The van der Waals surface area contributed by atoms with Crippen LogP contribution in [-0.2, 0) is 0 Å². The van der Waals surface area contributed by atoms with Gasteiger partial charge in [0, 0.05) is 0 Å². The summed E-state index contributed by atoms with van der Waals surface area (Å²) in [7, 11) is 0. The maximum Gasteiger partial charge on any atom is -0.0195 e. The van der Waals surface area contributed by atoms with E-state index in [9.17, 15) is 0 Å². The lowest BCUT2D eigenvalue weighted by Crippen LogP contribution is -2.11. The quantitative estimate of drug-likeness (QED) is 0.371. The Kier molecular flexibility index (Phi) is 5.13. The minimum Gasteiger partial charge on any atom is -0.0816 e. The standard InChI is InChI=1S/C17H30/c1-3-5-7-9-15(8-6-4-2)17-13-14-10-11-16(17)12-14/h13-16H,3-12H2,1-2H3. The van der Waals surface area contributed by atoms with E-state index in [-0.39, 0.29) is 0 Å². The van der Waals surface area contributed by atoms with Crippen LogP contribution < -0.4 is 0 Å². The predicted molar refractivity (Wildman–Crippen MR) is 76.1 cm³/mol. The first kappa shape index (κ1) is 13.2. The second-order valence-corrected chi connectivity index (χ2v) is 6.27. The number of fused-ring (bicyclic) bond motifs is 2. The zero-order chi connectivity index (χ0) is 12.1. The Morgan fingerprint density at radius 3 is 2.41 bits per heavy atom. The minimum atomic E-state index is 0.955. The molecule has 17 heavy (non-hydrogen) atoms. The van der Waals surface area contributed by atoms with Crippen LogP contribution >= 0.6 is 0 Å². The molecule has 0 heterocycles. The van der Waals surface area contributed by atoms with Gasteiger partial charge in [0.2, 0.25) is 0 Å². The van der Waals surface area contributed by atoms with Gasteiger partial charge in [-0.25, -0.2) is 0 Å². The van der Waals surface area contributed by atoms with Gasteiger partial charge in [0.1, 0.15) is 0 Å². The van der Waals surface area contributed by atoms with Gasteiger partial charge in [-0.1, -0.05) is 57.6 Å². The van der Waals surface area contributed by atoms with Gasteiger partial charge in [-0.3, -0.25) is 0 Å². The van der Waals surface area contributed by atoms with Crippen LogP contribution in [0.3, 0.4) is 0 Å². The molecule has 2 rings (SSSR count). The van der Waals surface area contributed by atoms with Crippen molar-refractivity contribution in [1.29, 1.82) is 0 Å². The molecule has 3 atom stereocenters. The van der Waals surface area contributed by atoms with E-state index in [4.69, 9.17) is 0 Å². The first-order valence-electron chi connectivity index (χ1n) is 8.06. The van der Waals surface area contributed by atoms with Crippen LogP contribution in [0.2, 0.25) is 0 Å². The highest BCUT2D eigenvalue weighted by Gasteiger charge is 2.35. The molecule has 0 saturated heterocycles. The van der Waals surface area contributed by atoms with Gasteiger partial charge in [0.25, 0.3) is 0 Å². The Labute approximate surface area is 108 Å². The molecule has 3 unspecified atom stereocenters. The molecule has 1 saturated carbocycles. The average Bonchev–Trinajstić information content (AvgIpc) is 2.95. The zero-order valence-corrected chi connectivity index (χ0v) is 11.9. The molecule has 1 fully saturated rings. The van der Waals surface area contributed by atoms with Crippen LogP contribution in [0.4, 0.5) is 0 Å². The Morgan fingerprint density at radius 1 is 1.06 bits per heavy atom. The van der Waals surface area contributed by atoms with Crippen LogP contribution in [0.25, 0.3) is 0 Å². The van der Waals surface area contributed by atoms with Crippen LogP contribution in [-0.4, -0.2) is 0 Å². The van der Waals surface area contributed by atoms with Gasteiger partial charge in [-0.2, -0.15) is 0 Å². The molecule has 0 aromatic rings.